The van der Waals surface area contributed by atoms with E-state index in [2.05, 4.69) is 37.2 Å². The maximum atomic E-state index is 13.4. The Morgan fingerprint density at radius 1 is 0.892 bits per heavy atom. The van der Waals surface area contributed by atoms with Gasteiger partial charge in [-0.25, -0.2) is 9.69 Å². The number of halogens is 2. The second-order valence-corrected chi connectivity index (χ2v) is 11.7. The van der Waals surface area contributed by atoms with E-state index >= 15 is 0 Å². The molecule has 0 aliphatic carbocycles. The molecule has 1 N–H and O–H groups in total. The van der Waals surface area contributed by atoms with Crippen LogP contribution in [0.4, 0.5) is 10.5 Å². The Balaban J connectivity index is 1.79. The van der Waals surface area contributed by atoms with Gasteiger partial charge in [-0.1, -0.05) is 39.7 Å². The lowest BCUT2D eigenvalue weighted by molar-refractivity contribution is -0.122. The summed E-state index contributed by atoms with van der Waals surface area (Å²) in [5.74, 6) is -1.91. The lowest BCUT2D eigenvalue weighted by atomic mass is 10.0. The van der Waals surface area contributed by atoms with Gasteiger partial charge in [0.05, 0.1) is 10.2 Å². The zero-order valence-electron chi connectivity index (χ0n) is 19.8. The Bertz CT molecular complexity index is 1600. The van der Waals surface area contributed by atoms with Crippen LogP contribution >= 0.6 is 31.9 Å². The van der Waals surface area contributed by atoms with Gasteiger partial charge in [-0.2, -0.15) is 8.42 Å². The zero-order valence-corrected chi connectivity index (χ0v) is 23.8. The molecule has 11 heteroatoms. The summed E-state index contributed by atoms with van der Waals surface area (Å²) < 4.78 is 32.2. The second kappa shape index (κ2) is 10.2. The van der Waals surface area contributed by atoms with Crippen molar-refractivity contribution in [1.29, 1.82) is 0 Å². The van der Waals surface area contributed by atoms with Gasteiger partial charge in [-0.3, -0.25) is 14.9 Å². The Labute approximate surface area is 230 Å². The predicted molar refractivity (Wildman–Crippen MR) is 146 cm³/mol. The van der Waals surface area contributed by atoms with E-state index in [0.29, 0.717) is 4.47 Å². The van der Waals surface area contributed by atoms with Crippen LogP contribution in [0.1, 0.15) is 22.3 Å². The number of nitrogens with zero attached hydrogens (tertiary/aromatic N) is 1. The van der Waals surface area contributed by atoms with Crippen LogP contribution in [0.5, 0.6) is 5.75 Å². The first-order chi connectivity index (χ1) is 17.4. The molecule has 0 aromatic heterocycles. The molecule has 0 spiro atoms. The fraction of sp³-hybridized carbons (Fsp3) is 0.115. The van der Waals surface area contributed by atoms with Gasteiger partial charge >= 0.3 is 16.1 Å². The lowest BCUT2D eigenvalue weighted by Crippen LogP contribution is -2.54. The molecule has 0 saturated carbocycles. The Morgan fingerprint density at radius 3 is 2.22 bits per heavy atom. The fourth-order valence-corrected chi connectivity index (χ4v) is 5.97. The first-order valence-corrected chi connectivity index (χ1v) is 13.9. The SMILES string of the molecule is Cc1ccc(S(=O)(=O)Oc2c(Br)cc(Br)cc2/C=C2\C(=O)NC(=O)N(c3ccc(C)c(C)c3)C2=O)cc1. The highest BCUT2D eigenvalue weighted by Gasteiger charge is 2.37. The summed E-state index contributed by atoms with van der Waals surface area (Å²) in [5.41, 5.74) is 2.73. The summed E-state index contributed by atoms with van der Waals surface area (Å²) in [6.45, 7) is 5.55. The molecule has 4 amide bonds. The first-order valence-electron chi connectivity index (χ1n) is 10.9. The van der Waals surface area contributed by atoms with Crippen molar-refractivity contribution in [1.82, 2.24) is 5.32 Å². The molecule has 3 aromatic carbocycles. The van der Waals surface area contributed by atoms with E-state index in [9.17, 15) is 22.8 Å². The highest BCUT2D eigenvalue weighted by Crippen LogP contribution is 2.37. The van der Waals surface area contributed by atoms with E-state index < -0.39 is 28.0 Å². The molecule has 1 aliphatic rings. The number of carbonyl (C=O) groups excluding carboxylic acids is 3. The van der Waals surface area contributed by atoms with Crippen molar-refractivity contribution in [3.8, 4) is 5.75 Å². The number of imide groups is 2. The third-order valence-electron chi connectivity index (χ3n) is 5.69. The van der Waals surface area contributed by atoms with Gasteiger partial charge in [0, 0.05) is 10.0 Å². The normalized spacial score (nSPS) is 15.2. The van der Waals surface area contributed by atoms with Crippen LogP contribution in [-0.4, -0.2) is 26.3 Å². The van der Waals surface area contributed by atoms with Gasteiger partial charge in [-0.05, 0) is 90.3 Å². The van der Waals surface area contributed by atoms with Crippen LogP contribution in [0, 0.1) is 20.8 Å². The van der Waals surface area contributed by atoms with Gasteiger partial charge in [0.2, 0.25) is 0 Å². The van der Waals surface area contributed by atoms with E-state index in [1.807, 2.05) is 20.8 Å². The van der Waals surface area contributed by atoms with Crippen molar-refractivity contribution in [2.45, 2.75) is 25.7 Å². The van der Waals surface area contributed by atoms with Gasteiger partial charge < -0.3 is 4.18 Å². The van der Waals surface area contributed by atoms with Gasteiger partial charge in [-0.15, -0.1) is 0 Å². The van der Waals surface area contributed by atoms with Crippen LogP contribution in [0.2, 0.25) is 0 Å². The number of anilines is 1. The van der Waals surface area contributed by atoms with E-state index in [1.165, 1.54) is 24.3 Å². The molecule has 0 radical (unpaired) electrons. The number of urea groups is 1. The topological polar surface area (TPSA) is 110 Å². The number of hydrogen-bond donors (Lipinski definition) is 1. The number of aryl methyl sites for hydroxylation is 3. The van der Waals surface area contributed by atoms with Crippen LogP contribution in [0.15, 0.2) is 74.0 Å². The quantitative estimate of drug-likeness (QED) is 0.220. The Kier molecular flexibility index (Phi) is 7.40. The molecule has 1 saturated heterocycles. The number of nitrogens with one attached hydrogen (secondary N) is 1. The van der Waals surface area contributed by atoms with Crippen LogP contribution < -0.4 is 14.4 Å². The minimum Gasteiger partial charge on any atom is -0.377 e. The predicted octanol–water partition coefficient (Wildman–Crippen LogP) is 5.57. The van der Waals surface area contributed by atoms with E-state index in [1.54, 1.807) is 36.4 Å². The molecular formula is C26H20Br2N2O6S. The molecule has 0 bridgehead atoms. The van der Waals surface area contributed by atoms with Crippen molar-refractivity contribution in [2.24, 2.45) is 0 Å². The lowest BCUT2D eigenvalue weighted by Gasteiger charge is -2.27. The van der Waals surface area contributed by atoms with Crippen LogP contribution in [-0.2, 0) is 19.7 Å². The van der Waals surface area contributed by atoms with Gasteiger partial charge in [0.25, 0.3) is 11.8 Å². The first kappa shape index (κ1) is 26.8. The van der Waals surface area contributed by atoms with Crippen LogP contribution in [0.25, 0.3) is 6.08 Å². The molecule has 4 rings (SSSR count). The van der Waals surface area contributed by atoms with Crippen LogP contribution in [0.3, 0.4) is 0 Å². The van der Waals surface area contributed by atoms with Crippen molar-refractivity contribution in [3.63, 3.8) is 0 Å². The third kappa shape index (κ3) is 5.53. The Morgan fingerprint density at radius 2 is 1.57 bits per heavy atom. The van der Waals surface area contributed by atoms with Gasteiger partial charge in [0.15, 0.2) is 5.75 Å². The monoisotopic (exact) mass is 646 g/mol. The van der Waals surface area contributed by atoms with Crippen molar-refractivity contribution in [3.05, 3.63) is 91.4 Å². The number of amides is 4. The number of benzene rings is 3. The molecule has 37 heavy (non-hydrogen) atoms. The minimum absolute atomic E-state index is 0.0653. The summed E-state index contributed by atoms with van der Waals surface area (Å²) >= 11 is 6.64. The van der Waals surface area contributed by atoms with Crippen molar-refractivity contribution < 1.29 is 27.0 Å². The largest absolute Gasteiger partial charge is 0.377 e. The molecule has 8 nitrogen and oxygen atoms in total. The third-order valence-corrected chi connectivity index (χ3v) is 7.97. The molecule has 1 fully saturated rings. The standard InChI is InChI=1S/C26H20Br2N2O6S/c1-14-4-8-20(9-5-14)37(34,35)36-23-17(11-18(27)13-22(23)28)12-21-24(31)29-26(33)30(25(21)32)19-7-6-15(2)16(3)10-19/h4-13H,1-3H3,(H,29,31,33)/b21-12+. The smallest absolute Gasteiger partial charge is 0.339 e. The summed E-state index contributed by atoms with van der Waals surface area (Å²) in [6.07, 6.45) is 1.19. The molecule has 1 aliphatic heterocycles. The molecule has 190 valence electrons. The maximum absolute atomic E-state index is 13.4. The summed E-state index contributed by atoms with van der Waals surface area (Å²) in [5, 5.41) is 2.17. The number of rotatable bonds is 5. The highest BCUT2D eigenvalue weighted by atomic mass is 79.9. The Hall–Kier alpha value is -3.28. The van der Waals surface area contributed by atoms with E-state index in [4.69, 9.17) is 4.18 Å². The number of hydrogen-bond acceptors (Lipinski definition) is 6. The van der Waals surface area contributed by atoms with E-state index in [-0.39, 0.29) is 31.9 Å². The molecule has 1 heterocycles. The van der Waals surface area contributed by atoms with Gasteiger partial charge in [0.1, 0.15) is 10.5 Å². The fourth-order valence-electron chi connectivity index (χ4n) is 3.55. The van der Waals surface area contributed by atoms with Crippen molar-refractivity contribution >= 4 is 71.6 Å². The molecule has 0 atom stereocenters. The zero-order chi connectivity index (χ0) is 27.1. The summed E-state index contributed by atoms with van der Waals surface area (Å²) in [4.78, 5) is 39.4. The average Bonchev–Trinajstić information content (AvgIpc) is 2.81. The highest BCUT2D eigenvalue weighted by molar-refractivity contribution is 9.11. The van der Waals surface area contributed by atoms with E-state index in [0.717, 1.165) is 21.6 Å². The molecule has 3 aromatic rings. The average molecular weight is 648 g/mol. The minimum atomic E-state index is -4.25. The maximum Gasteiger partial charge on any atom is 0.339 e. The van der Waals surface area contributed by atoms with Crippen molar-refractivity contribution in [2.75, 3.05) is 4.90 Å². The number of carbonyl (C=O) groups is 3. The number of barbiturate groups is 1. The summed E-state index contributed by atoms with van der Waals surface area (Å²) in [6, 6.07) is 13.3. The summed E-state index contributed by atoms with van der Waals surface area (Å²) in [7, 11) is -4.25. The molecule has 0 unspecified atom stereocenters. The molecular weight excluding hydrogens is 628 g/mol. The second-order valence-electron chi connectivity index (χ2n) is 8.38.